The summed E-state index contributed by atoms with van der Waals surface area (Å²) in [6.07, 6.45) is 2.28. The first-order chi connectivity index (χ1) is 5.88. The predicted molar refractivity (Wildman–Crippen MR) is 55.1 cm³/mol. The summed E-state index contributed by atoms with van der Waals surface area (Å²) < 4.78 is 0. The standard InChI is InChI=1S/C11H12S/c1-9-7-8-12-11(9)10-5-3-2-4-6-10/h2-9,11H,1H3. The van der Waals surface area contributed by atoms with Crippen LogP contribution in [-0.2, 0) is 0 Å². The van der Waals surface area contributed by atoms with Gasteiger partial charge in [0, 0.05) is 5.25 Å². The van der Waals surface area contributed by atoms with Gasteiger partial charge >= 0.3 is 0 Å². The minimum Gasteiger partial charge on any atom is -0.126 e. The third-order valence-electron chi connectivity index (χ3n) is 2.21. The summed E-state index contributed by atoms with van der Waals surface area (Å²) in [6.45, 7) is 2.27. The lowest BCUT2D eigenvalue weighted by atomic mass is 10.0. The van der Waals surface area contributed by atoms with Gasteiger partial charge in [0.05, 0.1) is 0 Å². The van der Waals surface area contributed by atoms with Gasteiger partial charge < -0.3 is 0 Å². The van der Waals surface area contributed by atoms with Gasteiger partial charge in [-0.1, -0.05) is 43.3 Å². The van der Waals surface area contributed by atoms with E-state index < -0.39 is 0 Å². The fraction of sp³-hybridized carbons (Fsp3) is 0.273. The van der Waals surface area contributed by atoms with Gasteiger partial charge in [-0.25, -0.2) is 0 Å². The largest absolute Gasteiger partial charge is 0.126 e. The Hall–Kier alpha value is -0.690. The molecule has 1 aliphatic heterocycles. The van der Waals surface area contributed by atoms with E-state index in [-0.39, 0.29) is 0 Å². The van der Waals surface area contributed by atoms with E-state index in [0.29, 0.717) is 11.2 Å². The minimum absolute atomic E-state index is 0.645. The summed E-state index contributed by atoms with van der Waals surface area (Å²) >= 11 is 1.92. The summed E-state index contributed by atoms with van der Waals surface area (Å²) in [4.78, 5) is 0. The molecule has 0 N–H and O–H groups in total. The van der Waals surface area contributed by atoms with Crippen LogP contribution in [0.1, 0.15) is 17.7 Å². The molecule has 2 unspecified atom stereocenters. The molecule has 0 aliphatic carbocycles. The molecule has 0 saturated heterocycles. The van der Waals surface area contributed by atoms with Crippen LogP contribution in [0.4, 0.5) is 0 Å². The molecular weight excluding hydrogens is 164 g/mol. The van der Waals surface area contributed by atoms with Crippen LogP contribution >= 0.6 is 11.8 Å². The van der Waals surface area contributed by atoms with Gasteiger partial charge in [-0.15, -0.1) is 11.8 Å². The van der Waals surface area contributed by atoms with Crippen molar-refractivity contribution >= 4 is 11.8 Å². The van der Waals surface area contributed by atoms with Crippen molar-refractivity contribution in [1.82, 2.24) is 0 Å². The summed E-state index contributed by atoms with van der Waals surface area (Å²) in [6, 6.07) is 10.7. The zero-order valence-electron chi connectivity index (χ0n) is 7.10. The van der Waals surface area contributed by atoms with Gasteiger partial charge in [0.15, 0.2) is 0 Å². The average Bonchev–Trinajstić information content (AvgIpc) is 2.53. The predicted octanol–water partition coefficient (Wildman–Crippen LogP) is 3.62. The highest BCUT2D eigenvalue weighted by molar-refractivity contribution is 8.02. The second-order valence-electron chi connectivity index (χ2n) is 3.16. The maximum Gasteiger partial charge on any atom is 0.0398 e. The van der Waals surface area contributed by atoms with Crippen LogP contribution in [0, 0.1) is 5.92 Å². The average molecular weight is 176 g/mol. The van der Waals surface area contributed by atoms with Crippen LogP contribution in [0.5, 0.6) is 0 Å². The molecule has 0 radical (unpaired) electrons. The number of benzene rings is 1. The monoisotopic (exact) mass is 176 g/mol. The topological polar surface area (TPSA) is 0 Å². The first kappa shape index (κ1) is 7.93. The quantitative estimate of drug-likeness (QED) is 0.629. The highest BCUT2D eigenvalue weighted by Crippen LogP contribution is 2.42. The van der Waals surface area contributed by atoms with E-state index in [4.69, 9.17) is 0 Å². The summed E-state index contributed by atoms with van der Waals surface area (Å²) in [5, 5.41) is 2.86. The SMILES string of the molecule is CC1C=CSC1c1ccccc1. The maximum absolute atomic E-state index is 2.28. The Morgan fingerprint density at radius 3 is 2.50 bits per heavy atom. The van der Waals surface area contributed by atoms with Crippen LogP contribution in [0.3, 0.4) is 0 Å². The lowest BCUT2D eigenvalue weighted by Crippen LogP contribution is -1.98. The van der Waals surface area contributed by atoms with Gasteiger partial charge in [0.1, 0.15) is 0 Å². The number of hydrogen-bond acceptors (Lipinski definition) is 1. The van der Waals surface area contributed by atoms with E-state index in [1.54, 1.807) is 0 Å². The molecule has 1 aliphatic rings. The minimum atomic E-state index is 0.645. The summed E-state index contributed by atoms with van der Waals surface area (Å²) in [7, 11) is 0. The van der Waals surface area contributed by atoms with Crippen molar-refractivity contribution in [2.45, 2.75) is 12.2 Å². The van der Waals surface area contributed by atoms with Gasteiger partial charge in [0.25, 0.3) is 0 Å². The first-order valence-electron chi connectivity index (χ1n) is 4.25. The molecule has 2 atom stereocenters. The molecule has 0 fully saturated rings. The van der Waals surface area contributed by atoms with Crippen molar-refractivity contribution in [3.05, 3.63) is 47.4 Å². The second-order valence-corrected chi connectivity index (χ2v) is 4.21. The normalized spacial score (nSPS) is 27.8. The number of allylic oxidation sites excluding steroid dienone is 1. The van der Waals surface area contributed by atoms with Crippen LogP contribution in [0.2, 0.25) is 0 Å². The number of hydrogen-bond donors (Lipinski definition) is 0. The van der Waals surface area contributed by atoms with Crippen LogP contribution < -0.4 is 0 Å². The molecule has 12 heavy (non-hydrogen) atoms. The van der Waals surface area contributed by atoms with Gasteiger partial charge in [-0.3, -0.25) is 0 Å². The smallest absolute Gasteiger partial charge is 0.0398 e. The molecule has 0 spiro atoms. The van der Waals surface area contributed by atoms with E-state index in [0.717, 1.165) is 0 Å². The fourth-order valence-corrected chi connectivity index (χ4v) is 2.66. The van der Waals surface area contributed by atoms with Gasteiger partial charge in [-0.2, -0.15) is 0 Å². The molecule has 0 nitrogen and oxygen atoms in total. The fourth-order valence-electron chi connectivity index (χ4n) is 1.50. The van der Waals surface area contributed by atoms with E-state index in [1.807, 2.05) is 11.8 Å². The zero-order chi connectivity index (χ0) is 8.39. The molecule has 0 bridgehead atoms. The Morgan fingerprint density at radius 1 is 1.17 bits per heavy atom. The second kappa shape index (κ2) is 3.36. The molecule has 0 amide bonds. The van der Waals surface area contributed by atoms with E-state index >= 15 is 0 Å². The third kappa shape index (κ3) is 1.42. The molecule has 0 aromatic heterocycles. The Morgan fingerprint density at radius 2 is 1.92 bits per heavy atom. The highest BCUT2D eigenvalue weighted by Gasteiger charge is 2.20. The Kier molecular flexibility index (Phi) is 2.22. The van der Waals surface area contributed by atoms with Crippen molar-refractivity contribution in [1.29, 1.82) is 0 Å². The lowest BCUT2D eigenvalue weighted by molar-refractivity contribution is 0.719. The molecule has 1 heteroatoms. The molecule has 1 aromatic rings. The Labute approximate surface area is 77.7 Å². The molecule has 62 valence electrons. The molecule has 2 rings (SSSR count). The molecule has 1 aromatic carbocycles. The van der Waals surface area contributed by atoms with Crippen molar-refractivity contribution in [2.24, 2.45) is 5.92 Å². The molecule has 0 saturated carbocycles. The van der Waals surface area contributed by atoms with Gasteiger partial charge in [0.2, 0.25) is 0 Å². The van der Waals surface area contributed by atoms with Crippen molar-refractivity contribution in [3.63, 3.8) is 0 Å². The summed E-state index contributed by atoms with van der Waals surface area (Å²) in [5.74, 6) is 0.678. The van der Waals surface area contributed by atoms with Crippen molar-refractivity contribution < 1.29 is 0 Å². The Bertz CT molecular complexity index is 276. The third-order valence-corrected chi connectivity index (χ3v) is 3.52. The Balaban J connectivity index is 2.22. The number of thioether (sulfide) groups is 1. The van der Waals surface area contributed by atoms with E-state index in [9.17, 15) is 0 Å². The highest BCUT2D eigenvalue weighted by atomic mass is 32.2. The molecule has 1 heterocycles. The maximum atomic E-state index is 2.28. The molecular formula is C11H12S. The van der Waals surface area contributed by atoms with E-state index in [1.165, 1.54) is 5.56 Å². The van der Waals surface area contributed by atoms with Crippen LogP contribution in [-0.4, -0.2) is 0 Å². The van der Waals surface area contributed by atoms with Crippen LogP contribution in [0.15, 0.2) is 41.8 Å². The summed E-state index contributed by atoms with van der Waals surface area (Å²) in [5.41, 5.74) is 1.44. The number of rotatable bonds is 1. The zero-order valence-corrected chi connectivity index (χ0v) is 7.92. The first-order valence-corrected chi connectivity index (χ1v) is 5.19. The van der Waals surface area contributed by atoms with Crippen LogP contribution in [0.25, 0.3) is 0 Å². The lowest BCUT2D eigenvalue weighted by Gasteiger charge is -2.13. The van der Waals surface area contributed by atoms with Gasteiger partial charge in [-0.05, 0) is 16.9 Å². The van der Waals surface area contributed by atoms with E-state index in [2.05, 4.69) is 48.7 Å². The van der Waals surface area contributed by atoms with Crippen molar-refractivity contribution in [2.75, 3.05) is 0 Å². The van der Waals surface area contributed by atoms with Crippen molar-refractivity contribution in [3.8, 4) is 0 Å².